The van der Waals surface area contributed by atoms with E-state index in [0.717, 1.165) is 30.7 Å². The van der Waals surface area contributed by atoms with Crippen LogP contribution in [0, 0.1) is 12.8 Å². The van der Waals surface area contributed by atoms with Crippen LogP contribution in [-0.4, -0.2) is 35.8 Å². The molecule has 1 unspecified atom stereocenters. The summed E-state index contributed by atoms with van der Waals surface area (Å²) in [7, 11) is 3.38. The van der Waals surface area contributed by atoms with Crippen molar-refractivity contribution < 1.29 is 18.8 Å². The maximum Gasteiger partial charge on any atom is 0.275 e. The van der Waals surface area contributed by atoms with Crippen molar-refractivity contribution in [2.24, 2.45) is 5.92 Å². The third-order valence-corrected chi connectivity index (χ3v) is 6.36. The van der Waals surface area contributed by atoms with Gasteiger partial charge in [0.2, 0.25) is 5.91 Å². The van der Waals surface area contributed by atoms with Gasteiger partial charge in [0.1, 0.15) is 5.76 Å². The Hall–Kier alpha value is -2.67. The fraction of sp³-hybridized carbons (Fsp3) is 0.577. The number of hydrogen-bond donors (Lipinski definition) is 1. The number of rotatable bonds is 11. The lowest BCUT2D eigenvalue weighted by molar-refractivity contribution is -0.135. The van der Waals surface area contributed by atoms with Crippen molar-refractivity contribution in [3.63, 3.8) is 0 Å². The molecule has 7 heteroatoms. The highest BCUT2D eigenvalue weighted by Crippen LogP contribution is 2.32. The molecule has 2 amide bonds. The van der Waals surface area contributed by atoms with Crippen LogP contribution in [0.25, 0.3) is 0 Å². The van der Waals surface area contributed by atoms with E-state index in [1.807, 2.05) is 30.3 Å². The Morgan fingerprint density at radius 1 is 1.18 bits per heavy atom. The molecule has 7 nitrogen and oxygen atoms in total. The van der Waals surface area contributed by atoms with E-state index in [1.54, 1.807) is 21.0 Å². The van der Waals surface area contributed by atoms with Gasteiger partial charge in [-0.25, -0.2) is 10.5 Å². The van der Waals surface area contributed by atoms with Crippen molar-refractivity contribution in [2.75, 3.05) is 14.1 Å². The van der Waals surface area contributed by atoms with Crippen molar-refractivity contribution in [3.05, 3.63) is 53.2 Å². The Kier molecular flexibility index (Phi) is 9.48. The zero-order valence-corrected chi connectivity index (χ0v) is 20.1. The summed E-state index contributed by atoms with van der Waals surface area (Å²) in [6, 6.07) is 9.69. The molecule has 1 aliphatic carbocycles. The number of oxazole rings is 1. The third kappa shape index (κ3) is 7.70. The van der Waals surface area contributed by atoms with Gasteiger partial charge in [-0.1, -0.05) is 75.3 Å². The zero-order valence-electron chi connectivity index (χ0n) is 20.1. The van der Waals surface area contributed by atoms with E-state index in [9.17, 15) is 9.59 Å². The van der Waals surface area contributed by atoms with E-state index in [0.29, 0.717) is 24.0 Å². The van der Waals surface area contributed by atoms with Crippen LogP contribution in [0.4, 0.5) is 0 Å². The van der Waals surface area contributed by atoms with Crippen molar-refractivity contribution >= 4 is 11.8 Å². The second-order valence-electron chi connectivity index (χ2n) is 9.29. The molecule has 1 aliphatic rings. The highest BCUT2D eigenvalue weighted by molar-refractivity contribution is 5.92. The summed E-state index contributed by atoms with van der Waals surface area (Å²) in [4.78, 5) is 36.4. The molecule has 0 aliphatic heterocycles. The summed E-state index contributed by atoms with van der Waals surface area (Å²) in [5.74, 6) is 1.11. The standard InChI is InChI=1S/C26H37N3O4/c1-19-24(26(31)29(2)3)27-25(33-19)22(16-10-15-20-11-6-4-7-12-20)17-23(30)28-32-18-21-13-8-5-9-14-21/h5,8-9,13-14,20,22H,4,6-7,10-12,15-18H2,1-3H3,(H,28,30). The van der Waals surface area contributed by atoms with Crippen LogP contribution in [-0.2, 0) is 16.2 Å². The van der Waals surface area contributed by atoms with Crippen molar-refractivity contribution in [1.82, 2.24) is 15.4 Å². The number of hydrogen-bond acceptors (Lipinski definition) is 5. The van der Waals surface area contributed by atoms with Gasteiger partial charge in [-0.3, -0.25) is 14.4 Å². The third-order valence-electron chi connectivity index (χ3n) is 6.36. The molecule has 3 rings (SSSR count). The predicted molar refractivity (Wildman–Crippen MR) is 126 cm³/mol. The van der Waals surface area contributed by atoms with Crippen LogP contribution in [0.3, 0.4) is 0 Å². The normalized spacial score (nSPS) is 15.2. The van der Waals surface area contributed by atoms with E-state index in [1.165, 1.54) is 37.0 Å². The molecular formula is C26H37N3O4. The average molecular weight is 456 g/mol. The van der Waals surface area contributed by atoms with Gasteiger partial charge >= 0.3 is 0 Å². The second kappa shape index (κ2) is 12.5. The quantitative estimate of drug-likeness (QED) is 0.473. The molecule has 1 aromatic heterocycles. The van der Waals surface area contributed by atoms with Gasteiger partial charge in [-0.05, 0) is 24.8 Å². The topological polar surface area (TPSA) is 84.7 Å². The first kappa shape index (κ1) is 25.0. The first-order valence-electron chi connectivity index (χ1n) is 12.1. The Balaban J connectivity index is 1.61. The number of amides is 2. The number of aromatic nitrogens is 1. The average Bonchev–Trinajstić information content (AvgIpc) is 3.20. The highest BCUT2D eigenvalue weighted by Gasteiger charge is 2.26. The van der Waals surface area contributed by atoms with Gasteiger partial charge in [0.25, 0.3) is 5.91 Å². The number of benzene rings is 1. The number of aryl methyl sites for hydroxylation is 1. The van der Waals surface area contributed by atoms with Crippen molar-refractivity contribution in [2.45, 2.75) is 77.2 Å². The van der Waals surface area contributed by atoms with Gasteiger partial charge < -0.3 is 9.32 Å². The molecule has 1 N–H and O–H groups in total. The number of carbonyl (C=O) groups is 2. The zero-order chi connectivity index (χ0) is 23.6. The first-order chi connectivity index (χ1) is 15.9. The molecule has 1 aromatic carbocycles. The van der Waals surface area contributed by atoms with Crippen LogP contribution >= 0.6 is 0 Å². The lowest BCUT2D eigenvalue weighted by atomic mass is 9.84. The smallest absolute Gasteiger partial charge is 0.275 e. The molecule has 2 aromatic rings. The van der Waals surface area contributed by atoms with E-state index < -0.39 is 0 Å². The highest BCUT2D eigenvalue weighted by atomic mass is 16.6. The first-order valence-corrected chi connectivity index (χ1v) is 12.1. The van der Waals surface area contributed by atoms with Gasteiger partial charge in [-0.15, -0.1) is 0 Å². The number of nitrogens with zero attached hydrogens (tertiary/aromatic N) is 2. The molecule has 0 spiro atoms. The van der Waals surface area contributed by atoms with Crippen molar-refractivity contribution in [3.8, 4) is 0 Å². The summed E-state index contributed by atoms with van der Waals surface area (Å²) >= 11 is 0. The Bertz CT molecular complexity index is 888. The molecule has 1 fully saturated rings. The lowest BCUT2D eigenvalue weighted by Gasteiger charge is -2.22. The number of nitrogens with one attached hydrogen (secondary N) is 1. The molecule has 0 saturated heterocycles. The molecule has 1 atom stereocenters. The number of hydroxylamine groups is 1. The van der Waals surface area contributed by atoms with Gasteiger partial charge in [0.15, 0.2) is 11.6 Å². The molecule has 180 valence electrons. The van der Waals surface area contributed by atoms with Gasteiger partial charge in [-0.2, -0.15) is 0 Å². The monoisotopic (exact) mass is 455 g/mol. The maximum absolute atomic E-state index is 12.6. The Labute approximate surface area is 196 Å². The van der Waals surface area contributed by atoms with Gasteiger partial charge in [0.05, 0.1) is 6.61 Å². The largest absolute Gasteiger partial charge is 0.445 e. The molecular weight excluding hydrogens is 418 g/mol. The summed E-state index contributed by atoms with van der Waals surface area (Å²) in [5, 5.41) is 0. The van der Waals surface area contributed by atoms with Gasteiger partial charge in [0, 0.05) is 26.4 Å². The molecule has 0 radical (unpaired) electrons. The summed E-state index contributed by atoms with van der Waals surface area (Å²) in [6.45, 7) is 2.05. The Morgan fingerprint density at radius 2 is 1.91 bits per heavy atom. The van der Waals surface area contributed by atoms with E-state index in [-0.39, 0.29) is 24.2 Å². The van der Waals surface area contributed by atoms with Crippen LogP contribution in [0.15, 0.2) is 34.7 Å². The summed E-state index contributed by atoms with van der Waals surface area (Å²) in [5.41, 5.74) is 3.85. The van der Waals surface area contributed by atoms with Crippen LogP contribution in [0.2, 0.25) is 0 Å². The molecule has 1 heterocycles. The van der Waals surface area contributed by atoms with Crippen LogP contribution < -0.4 is 5.48 Å². The Morgan fingerprint density at radius 3 is 2.61 bits per heavy atom. The lowest BCUT2D eigenvalue weighted by Crippen LogP contribution is -2.25. The minimum Gasteiger partial charge on any atom is -0.445 e. The maximum atomic E-state index is 12.6. The van der Waals surface area contributed by atoms with E-state index >= 15 is 0 Å². The van der Waals surface area contributed by atoms with Crippen molar-refractivity contribution in [1.29, 1.82) is 0 Å². The fourth-order valence-electron chi connectivity index (χ4n) is 4.48. The molecule has 33 heavy (non-hydrogen) atoms. The minimum atomic E-state index is -0.218. The second-order valence-corrected chi connectivity index (χ2v) is 9.29. The number of carbonyl (C=O) groups excluding carboxylic acids is 2. The van der Waals surface area contributed by atoms with E-state index in [2.05, 4.69) is 10.5 Å². The fourth-order valence-corrected chi connectivity index (χ4v) is 4.48. The molecule has 1 saturated carbocycles. The SMILES string of the molecule is Cc1oc(C(CCCC2CCCCC2)CC(=O)NOCc2ccccc2)nc1C(=O)N(C)C. The van der Waals surface area contributed by atoms with E-state index in [4.69, 9.17) is 9.25 Å². The van der Waals surface area contributed by atoms with Crippen LogP contribution in [0.5, 0.6) is 0 Å². The molecule has 0 bridgehead atoms. The summed E-state index contributed by atoms with van der Waals surface area (Å²) < 4.78 is 5.89. The predicted octanol–water partition coefficient (Wildman–Crippen LogP) is 5.16. The van der Waals surface area contributed by atoms with Crippen LogP contribution in [0.1, 0.15) is 91.4 Å². The summed E-state index contributed by atoms with van der Waals surface area (Å²) in [6.07, 6.45) is 9.76. The minimum absolute atomic E-state index is 0.195.